The lowest BCUT2D eigenvalue weighted by Gasteiger charge is -2.07. The zero-order valence-corrected chi connectivity index (χ0v) is 12.8. The van der Waals surface area contributed by atoms with Gasteiger partial charge in [0, 0.05) is 17.8 Å². The van der Waals surface area contributed by atoms with E-state index in [0.29, 0.717) is 11.6 Å². The number of halogens is 2. The molecule has 0 aliphatic heterocycles. The summed E-state index contributed by atoms with van der Waals surface area (Å²) in [5.74, 6) is 1.60. The van der Waals surface area contributed by atoms with Crippen molar-refractivity contribution in [2.45, 2.75) is 5.16 Å². The molecule has 0 N–H and O–H groups in total. The number of nitrogens with zero attached hydrogens (tertiary/aromatic N) is 3. The van der Waals surface area contributed by atoms with E-state index in [1.807, 2.05) is 23.7 Å². The van der Waals surface area contributed by atoms with Crippen LogP contribution in [0.25, 0.3) is 0 Å². The summed E-state index contributed by atoms with van der Waals surface area (Å²) in [6.07, 6.45) is 1.68. The Balaban J connectivity index is 1.80. The second kappa shape index (κ2) is 6.45. The molecule has 7 heteroatoms. The molecular formula is C11H11BrClN3OS. The third-order valence-electron chi connectivity index (χ3n) is 2.14. The van der Waals surface area contributed by atoms with E-state index in [2.05, 4.69) is 26.1 Å². The molecule has 1 heterocycles. The van der Waals surface area contributed by atoms with Crippen LogP contribution >= 0.6 is 39.3 Å². The quantitative estimate of drug-likeness (QED) is 0.613. The second-order valence-electron chi connectivity index (χ2n) is 3.50. The number of hydrogen-bond donors (Lipinski definition) is 0. The highest BCUT2D eigenvalue weighted by molar-refractivity contribution is 9.10. The SMILES string of the molecule is Cn1cnnc1SCCOc1ccc(Cl)cc1Br. The predicted molar refractivity (Wildman–Crippen MR) is 76.4 cm³/mol. The minimum Gasteiger partial charge on any atom is -0.492 e. The Bertz CT molecular complexity index is 535. The van der Waals surface area contributed by atoms with Gasteiger partial charge >= 0.3 is 0 Å². The first-order valence-corrected chi connectivity index (χ1v) is 7.37. The molecule has 0 bridgehead atoms. The summed E-state index contributed by atoms with van der Waals surface area (Å²) in [6.45, 7) is 0.595. The number of aromatic nitrogens is 3. The van der Waals surface area contributed by atoms with Gasteiger partial charge in [-0.2, -0.15) is 0 Å². The van der Waals surface area contributed by atoms with Crippen molar-refractivity contribution < 1.29 is 4.74 Å². The van der Waals surface area contributed by atoms with Crippen LogP contribution in [0, 0.1) is 0 Å². The predicted octanol–water partition coefficient (Wildman–Crippen LogP) is 3.40. The molecule has 0 unspecified atom stereocenters. The second-order valence-corrected chi connectivity index (χ2v) is 5.85. The first-order valence-electron chi connectivity index (χ1n) is 5.21. The van der Waals surface area contributed by atoms with Crippen molar-refractivity contribution in [2.24, 2.45) is 7.05 Å². The number of benzene rings is 1. The van der Waals surface area contributed by atoms with E-state index in [9.17, 15) is 0 Å². The van der Waals surface area contributed by atoms with Crippen molar-refractivity contribution >= 4 is 39.3 Å². The maximum absolute atomic E-state index is 5.86. The van der Waals surface area contributed by atoms with Crippen molar-refractivity contribution in [1.82, 2.24) is 14.8 Å². The van der Waals surface area contributed by atoms with Gasteiger partial charge in [0.25, 0.3) is 0 Å². The molecule has 2 rings (SSSR count). The van der Waals surface area contributed by atoms with Crippen LogP contribution < -0.4 is 4.74 Å². The summed E-state index contributed by atoms with van der Waals surface area (Å²) in [6, 6.07) is 5.46. The van der Waals surface area contributed by atoms with E-state index in [0.717, 1.165) is 21.1 Å². The number of hydrogen-bond acceptors (Lipinski definition) is 4. The van der Waals surface area contributed by atoms with E-state index in [-0.39, 0.29) is 0 Å². The largest absolute Gasteiger partial charge is 0.492 e. The zero-order chi connectivity index (χ0) is 13.0. The van der Waals surface area contributed by atoms with E-state index < -0.39 is 0 Å². The van der Waals surface area contributed by atoms with Gasteiger partial charge in [0.05, 0.1) is 11.1 Å². The van der Waals surface area contributed by atoms with Crippen molar-refractivity contribution in [3.05, 3.63) is 34.0 Å². The molecular weight excluding hydrogens is 338 g/mol. The van der Waals surface area contributed by atoms with Crippen LogP contribution in [0.15, 0.2) is 34.2 Å². The van der Waals surface area contributed by atoms with Gasteiger partial charge in [-0.05, 0) is 34.1 Å². The molecule has 0 spiro atoms. The minimum absolute atomic E-state index is 0.595. The van der Waals surface area contributed by atoms with Crippen LogP contribution in [0.2, 0.25) is 5.02 Å². The third-order valence-corrected chi connectivity index (χ3v) is 3.99. The lowest BCUT2D eigenvalue weighted by molar-refractivity contribution is 0.341. The van der Waals surface area contributed by atoms with Crippen LogP contribution in [0.3, 0.4) is 0 Å². The summed E-state index contributed by atoms with van der Waals surface area (Å²) in [5, 5.41) is 9.36. The fourth-order valence-corrected chi connectivity index (χ4v) is 2.78. The molecule has 0 aliphatic carbocycles. The van der Waals surface area contributed by atoms with Crippen molar-refractivity contribution in [3.8, 4) is 5.75 Å². The molecule has 0 atom stereocenters. The van der Waals surface area contributed by atoms with Gasteiger partial charge in [-0.25, -0.2) is 0 Å². The number of rotatable bonds is 5. The van der Waals surface area contributed by atoms with Gasteiger partial charge in [0.1, 0.15) is 12.1 Å². The third kappa shape index (κ3) is 3.63. The average molecular weight is 349 g/mol. The van der Waals surface area contributed by atoms with E-state index in [4.69, 9.17) is 16.3 Å². The monoisotopic (exact) mass is 347 g/mol. The fourth-order valence-electron chi connectivity index (χ4n) is 1.28. The van der Waals surface area contributed by atoms with Gasteiger partial charge in [-0.15, -0.1) is 10.2 Å². The van der Waals surface area contributed by atoms with E-state index in [1.165, 1.54) is 0 Å². The molecule has 18 heavy (non-hydrogen) atoms. The smallest absolute Gasteiger partial charge is 0.190 e. The number of thioether (sulfide) groups is 1. The molecule has 1 aromatic carbocycles. The van der Waals surface area contributed by atoms with Gasteiger partial charge in [0.15, 0.2) is 5.16 Å². The van der Waals surface area contributed by atoms with Crippen molar-refractivity contribution in [3.63, 3.8) is 0 Å². The van der Waals surface area contributed by atoms with Crippen LogP contribution in [0.5, 0.6) is 5.75 Å². The number of ether oxygens (including phenoxy) is 1. The van der Waals surface area contributed by atoms with Crippen LogP contribution in [0.1, 0.15) is 0 Å². The highest BCUT2D eigenvalue weighted by Gasteiger charge is 2.04. The maximum atomic E-state index is 5.86. The van der Waals surface area contributed by atoms with E-state index >= 15 is 0 Å². The summed E-state index contributed by atoms with van der Waals surface area (Å²) >= 11 is 10.9. The average Bonchev–Trinajstić information content (AvgIpc) is 2.73. The first-order chi connectivity index (χ1) is 8.66. The minimum atomic E-state index is 0.595. The van der Waals surface area contributed by atoms with Crippen molar-refractivity contribution in [2.75, 3.05) is 12.4 Å². The Hall–Kier alpha value is -0.720. The van der Waals surface area contributed by atoms with Crippen LogP contribution in [-0.4, -0.2) is 27.1 Å². The fraction of sp³-hybridized carbons (Fsp3) is 0.273. The lowest BCUT2D eigenvalue weighted by Crippen LogP contribution is -2.02. The van der Waals surface area contributed by atoms with Crippen molar-refractivity contribution in [1.29, 1.82) is 0 Å². The Morgan fingerprint density at radius 2 is 2.33 bits per heavy atom. The molecule has 96 valence electrons. The molecule has 0 fully saturated rings. The van der Waals surface area contributed by atoms with E-state index in [1.54, 1.807) is 24.2 Å². The van der Waals surface area contributed by atoms with Gasteiger partial charge in [-0.3, -0.25) is 0 Å². The normalized spacial score (nSPS) is 10.6. The standard InChI is InChI=1S/C11H11BrClN3OS/c1-16-7-14-15-11(16)18-5-4-17-10-3-2-8(13)6-9(10)12/h2-3,6-7H,4-5H2,1H3. The molecule has 0 amide bonds. The van der Waals surface area contributed by atoms with Gasteiger partial charge in [0.2, 0.25) is 0 Å². The Morgan fingerprint density at radius 3 is 3.00 bits per heavy atom. The van der Waals surface area contributed by atoms with Crippen LogP contribution in [-0.2, 0) is 7.05 Å². The van der Waals surface area contributed by atoms with Crippen LogP contribution in [0.4, 0.5) is 0 Å². The molecule has 0 radical (unpaired) electrons. The number of aryl methyl sites for hydroxylation is 1. The first kappa shape index (κ1) is 13.7. The van der Waals surface area contributed by atoms with Gasteiger partial charge < -0.3 is 9.30 Å². The molecule has 1 aromatic heterocycles. The molecule has 0 saturated carbocycles. The van der Waals surface area contributed by atoms with Gasteiger partial charge in [-0.1, -0.05) is 23.4 Å². The molecule has 0 aliphatic rings. The zero-order valence-electron chi connectivity index (χ0n) is 9.64. The molecule has 0 saturated heterocycles. The summed E-state index contributed by atoms with van der Waals surface area (Å²) in [7, 11) is 1.92. The Labute approximate surface area is 123 Å². The highest BCUT2D eigenvalue weighted by Crippen LogP contribution is 2.28. The Kier molecular flexibility index (Phi) is 4.91. The Morgan fingerprint density at radius 1 is 1.50 bits per heavy atom. The lowest BCUT2D eigenvalue weighted by atomic mass is 10.3. The molecule has 4 nitrogen and oxygen atoms in total. The molecule has 2 aromatic rings. The summed E-state index contributed by atoms with van der Waals surface area (Å²) < 4.78 is 8.38. The summed E-state index contributed by atoms with van der Waals surface area (Å²) in [5.41, 5.74) is 0. The topological polar surface area (TPSA) is 39.9 Å². The maximum Gasteiger partial charge on any atom is 0.190 e. The highest BCUT2D eigenvalue weighted by atomic mass is 79.9. The summed E-state index contributed by atoms with van der Waals surface area (Å²) in [4.78, 5) is 0.